The van der Waals surface area contributed by atoms with Crippen LogP contribution in [0.5, 0.6) is 0 Å². The van der Waals surface area contributed by atoms with E-state index < -0.39 is 17.7 Å². The van der Waals surface area contributed by atoms with E-state index in [0.717, 1.165) is 12.8 Å². The van der Waals surface area contributed by atoms with Gasteiger partial charge in [0.25, 0.3) is 0 Å². The lowest BCUT2D eigenvalue weighted by molar-refractivity contribution is 0.0963. The Balaban J connectivity index is 0.00000480. The van der Waals surface area contributed by atoms with Crippen molar-refractivity contribution in [2.24, 2.45) is 4.99 Å². The summed E-state index contributed by atoms with van der Waals surface area (Å²) in [5, 5.41) is 6.56. The molecule has 1 unspecified atom stereocenters. The second-order valence-corrected chi connectivity index (χ2v) is 7.44. The minimum Gasteiger partial charge on any atom is -0.450 e. The van der Waals surface area contributed by atoms with Crippen LogP contribution in [0.1, 0.15) is 38.3 Å². The number of likely N-dealkylation sites (tertiary alicyclic amines) is 1. The Morgan fingerprint density at radius 3 is 2.39 bits per heavy atom. The number of piperidine rings is 1. The molecule has 2 rings (SSSR count). The van der Waals surface area contributed by atoms with Gasteiger partial charge in [-0.15, -0.1) is 24.0 Å². The minimum atomic E-state index is -0.576. The van der Waals surface area contributed by atoms with Gasteiger partial charge in [-0.3, -0.25) is 4.99 Å². The van der Waals surface area contributed by atoms with Gasteiger partial charge >= 0.3 is 6.09 Å². The van der Waals surface area contributed by atoms with Crippen molar-refractivity contribution in [2.45, 2.75) is 38.8 Å². The summed E-state index contributed by atoms with van der Waals surface area (Å²) in [5.41, 5.74) is 0.0184. The van der Waals surface area contributed by atoms with Crippen LogP contribution in [0.2, 0.25) is 0 Å². The molecule has 1 aliphatic rings. The third-order valence-corrected chi connectivity index (χ3v) is 5.08. The fourth-order valence-corrected chi connectivity index (χ4v) is 3.45. The molecule has 0 spiro atoms. The Hall–Kier alpha value is -1.69. The van der Waals surface area contributed by atoms with Gasteiger partial charge in [-0.2, -0.15) is 0 Å². The van der Waals surface area contributed by atoms with Gasteiger partial charge in [-0.25, -0.2) is 13.6 Å². The van der Waals surface area contributed by atoms with E-state index in [4.69, 9.17) is 4.74 Å². The zero-order valence-corrected chi connectivity index (χ0v) is 21.0. The summed E-state index contributed by atoms with van der Waals surface area (Å²) in [6.45, 7) is 6.19. The van der Waals surface area contributed by atoms with E-state index >= 15 is 0 Å². The van der Waals surface area contributed by atoms with Gasteiger partial charge in [0.2, 0.25) is 0 Å². The quantitative estimate of drug-likeness (QED) is 0.308. The molecule has 1 aliphatic heterocycles. The number of hydrogen-bond donors (Lipinski definition) is 2. The van der Waals surface area contributed by atoms with Crippen LogP contribution in [0.4, 0.5) is 13.6 Å². The molecule has 1 fully saturated rings. The zero-order valence-electron chi connectivity index (χ0n) is 18.7. The largest absolute Gasteiger partial charge is 0.450 e. The van der Waals surface area contributed by atoms with E-state index in [1.54, 1.807) is 30.8 Å². The van der Waals surface area contributed by atoms with E-state index in [-0.39, 0.29) is 48.2 Å². The number of carbonyl (C=O) groups excluding carboxylic acids is 1. The summed E-state index contributed by atoms with van der Waals surface area (Å²) >= 11 is 0. The number of ether oxygens (including phenoxy) is 1. The SMILES string of the molecule is CCNC(=NCC(c1c(F)cccc1F)N(C)C)NC1CCN(C(=O)OCC)CC1.I. The van der Waals surface area contributed by atoms with E-state index in [1.165, 1.54) is 18.2 Å². The smallest absolute Gasteiger partial charge is 0.409 e. The second-order valence-electron chi connectivity index (χ2n) is 7.44. The number of aliphatic imine (C=N–C) groups is 1. The Labute approximate surface area is 200 Å². The summed E-state index contributed by atoms with van der Waals surface area (Å²) in [7, 11) is 3.55. The monoisotopic (exact) mass is 553 g/mol. The lowest BCUT2D eigenvalue weighted by Gasteiger charge is -2.32. The summed E-state index contributed by atoms with van der Waals surface area (Å²) < 4.78 is 33.6. The molecule has 0 bridgehead atoms. The number of carbonyl (C=O) groups is 1. The van der Waals surface area contributed by atoms with Gasteiger partial charge in [0.1, 0.15) is 11.6 Å². The first-order valence-corrected chi connectivity index (χ1v) is 10.4. The Bertz CT molecular complexity index is 707. The zero-order chi connectivity index (χ0) is 22.1. The molecule has 0 aromatic heterocycles. The number of halogens is 3. The first kappa shape index (κ1) is 27.3. The molecular formula is C21H34F2IN5O2. The number of amides is 1. The number of nitrogens with one attached hydrogen (secondary N) is 2. The van der Waals surface area contributed by atoms with Gasteiger partial charge in [-0.1, -0.05) is 6.07 Å². The van der Waals surface area contributed by atoms with Crippen molar-refractivity contribution in [3.8, 4) is 0 Å². The third kappa shape index (κ3) is 8.06. The molecule has 2 N–H and O–H groups in total. The molecule has 31 heavy (non-hydrogen) atoms. The fraction of sp³-hybridized carbons (Fsp3) is 0.619. The second kappa shape index (κ2) is 13.7. The number of hydrogen-bond acceptors (Lipinski definition) is 4. The van der Waals surface area contributed by atoms with Crippen LogP contribution in [0.25, 0.3) is 0 Å². The lowest BCUT2D eigenvalue weighted by atomic mass is 10.0. The molecule has 1 amide bonds. The third-order valence-electron chi connectivity index (χ3n) is 5.08. The molecule has 0 saturated carbocycles. The predicted octanol–water partition coefficient (Wildman–Crippen LogP) is 3.36. The maximum absolute atomic E-state index is 14.3. The van der Waals surface area contributed by atoms with E-state index in [9.17, 15) is 13.6 Å². The molecular weight excluding hydrogens is 519 g/mol. The number of guanidine groups is 1. The average molecular weight is 553 g/mol. The van der Waals surface area contributed by atoms with Crippen molar-refractivity contribution >= 4 is 36.0 Å². The summed E-state index contributed by atoms with van der Waals surface area (Å²) in [6, 6.07) is 3.50. The lowest BCUT2D eigenvalue weighted by Crippen LogP contribution is -2.50. The number of rotatable bonds is 7. The molecule has 1 aromatic rings. The molecule has 1 heterocycles. The number of benzene rings is 1. The highest BCUT2D eigenvalue weighted by molar-refractivity contribution is 14.0. The van der Waals surface area contributed by atoms with Crippen molar-refractivity contribution in [3.05, 3.63) is 35.4 Å². The van der Waals surface area contributed by atoms with Crippen LogP contribution in [-0.4, -0.2) is 74.8 Å². The summed E-state index contributed by atoms with van der Waals surface area (Å²) in [4.78, 5) is 19.9. The van der Waals surface area contributed by atoms with Gasteiger partial charge < -0.3 is 25.2 Å². The topological polar surface area (TPSA) is 69.2 Å². The molecule has 0 radical (unpaired) electrons. The van der Waals surface area contributed by atoms with Crippen molar-refractivity contribution in [1.29, 1.82) is 0 Å². The van der Waals surface area contributed by atoms with Crippen molar-refractivity contribution < 1.29 is 18.3 Å². The molecule has 1 saturated heterocycles. The normalized spacial score (nSPS) is 16.0. The molecule has 1 atom stereocenters. The summed E-state index contributed by atoms with van der Waals surface area (Å²) in [5.74, 6) is -0.558. The maximum atomic E-state index is 14.3. The van der Waals surface area contributed by atoms with Crippen LogP contribution in [0.15, 0.2) is 23.2 Å². The minimum absolute atomic E-state index is 0. The van der Waals surface area contributed by atoms with Gasteiger partial charge in [0.15, 0.2) is 5.96 Å². The molecule has 176 valence electrons. The first-order valence-electron chi connectivity index (χ1n) is 10.4. The molecule has 10 heteroatoms. The number of nitrogens with zero attached hydrogens (tertiary/aromatic N) is 3. The van der Waals surface area contributed by atoms with Crippen LogP contribution in [0.3, 0.4) is 0 Å². The van der Waals surface area contributed by atoms with Crippen LogP contribution in [-0.2, 0) is 4.74 Å². The summed E-state index contributed by atoms with van der Waals surface area (Å²) in [6.07, 6.45) is 1.25. The fourth-order valence-electron chi connectivity index (χ4n) is 3.45. The van der Waals surface area contributed by atoms with Crippen LogP contribution in [0, 0.1) is 11.6 Å². The maximum Gasteiger partial charge on any atom is 0.409 e. The van der Waals surface area contributed by atoms with Crippen molar-refractivity contribution in [2.75, 3.05) is 46.9 Å². The van der Waals surface area contributed by atoms with Gasteiger partial charge in [0, 0.05) is 31.2 Å². The first-order chi connectivity index (χ1) is 14.4. The Kier molecular flexibility index (Phi) is 12.1. The average Bonchev–Trinajstić information content (AvgIpc) is 2.70. The molecule has 1 aromatic carbocycles. The Morgan fingerprint density at radius 2 is 1.87 bits per heavy atom. The highest BCUT2D eigenvalue weighted by Gasteiger charge is 2.25. The Morgan fingerprint density at radius 1 is 1.26 bits per heavy atom. The predicted molar refractivity (Wildman–Crippen MR) is 129 cm³/mol. The highest BCUT2D eigenvalue weighted by atomic mass is 127. The van der Waals surface area contributed by atoms with Gasteiger partial charge in [-0.05, 0) is 52.9 Å². The standard InChI is InChI=1S/C21H33F2N5O2.HI/c1-5-24-20(26-15-10-12-28(13-11-15)21(29)30-6-2)25-14-18(27(3)4)19-16(22)8-7-9-17(19)23;/h7-9,15,18H,5-6,10-14H2,1-4H3,(H2,24,25,26);1H. The van der Waals surface area contributed by atoms with Crippen molar-refractivity contribution in [3.63, 3.8) is 0 Å². The highest BCUT2D eigenvalue weighted by Crippen LogP contribution is 2.24. The molecule has 0 aliphatic carbocycles. The van der Waals surface area contributed by atoms with E-state index in [0.29, 0.717) is 32.2 Å². The van der Waals surface area contributed by atoms with Crippen LogP contribution >= 0.6 is 24.0 Å². The van der Waals surface area contributed by atoms with E-state index in [1.807, 2.05) is 6.92 Å². The van der Waals surface area contributed by atoms with Crippen LogP contribution < -0.4 is 10.6 Å². The van der Waals surface area contributed by atoms with Crippen molar-refractivity contribution in [1.82, 2.24) is 20.4 Å². The number of likely N-dealkylation sites (N-methyl/N-ethyl adjacent to an activating group) is 1. The van der Waals surface area contributed by atoms with E-state index in [2.05, 4.69) is 15.6 Å². The molecule has 7 nitrogen and oxygen atoms in total. The van der Waals surface area contributed by atoms with Gasteiger partial charge in [0.05, 0.1) is 19.2 Å².